The number of methoxy groups -OCH3 is 1. The number of ether oxygens (including phenoxy) is 1. The Labute approximate surface area is 194 Å². The fourth-order valence-electron chi connectivity index (χ4n) is 4.54. The summed E-state index contributed by atoms with van der Waals surface area (Å²) < 4.78 is 6.94. The van der Waals surface area contributed by atoms with Crippen LogP contribution in [0.3, 0.4) is 0 Å². The standard InChI is InChI=1S/C24H25N3O3S2/c1-13-19(15-7-4-5-9-17(15)25-13)21(28)14(2)31-24-26-22-20(16-8-6-10-18(16)32-22)23(29)27(24)11-12-30-3/h4-5,7,9,14,25H,6,8,10-12H2,1-3H3. The van der Waals surface area contributed by atoms with Crippen LogP contribution >= 0.6 is 23.1 Å². The van der Waals surface area contributed by atoms with Gasteiger partial charge in [0.25, 0.3) is 5.56 Å². The van der Waals surface area contributed by atoms with Gasteiger partial charge in [-0.25, -0.2) is 4.98 Å². The average molecular weight is 468 g/mol. The number of ketones is 1. The van der Waals surface area contributed by atoms with Crippen LogP contribution in [0.5, 0.6) is 0 Å². The Morgan fingerprint density at radius 2 is 2.16 bits per heavy atom. The van der Waals surface area contributed by atoms with Gasteiger partial charge >= 0.3 is 0 Å². The summed E-state index contributed by atoms with van der Waals surface area (Å²) >= 11 is 2.98. The van der Waals surface area contributed by atoms with Gasteiger partial charge in [0.05, 0.1) is 23.8 Å². The normalized spacial score (nSPS) is 14.3. The number of hydrogen-bond acceptors (Lipinski definition) is 6. The maximum absolute atomic E-state index is 13.5. The molecule has 0 amide bonds. The number of carbonyl (C=O) groups excluding carboxylic acids is 1. The molecule has 166 valence electrons. The second-order valence-electron chi connectivity index (χ2n) is 8.18. The van der Waals surface area contributed by atoms with E-state index in [1.54, 1.807) is 23.0 Å². The van der Waals surface area contributed by atoms with Crippen LogP contribution in [-0.4, -0.2) is 39.3 Å². The molecular weight excluding hydrogens is 442 g/mol. The molecule has 0 fully saturated rings. The fraction of sp³-hybridized carbons (Fsp3) is 0.375. The molecule has 4 aromatic rings. The van der Waals surface area contributed by atoms with E-state index < -0.39 is 5.25 Å². The van der Waals surface area contributed by atoms with Crippen LogP contribution in [0, 0.1) is 6.92 Å². The van der Waals surface area contributed by atoms with E-state index >= 15 is 0 Å². The number of nitrogens with zero attached hydrogens (tertiary/aromatic N) is 2. The number of aromatic nitrogens is 3. The lowest BCUT2D eigenvalue weighted by molar-refractivity contribution is 0.0995. The number of carbonyl (C=O) groups is 1. The Hall–Kier alpha value is -2.42. The third-order valence-electron chi connectivity index (χ3n) is 6.10. The highest BCUT2D eigenvalue weighted by Crippen LogP contribution is 2.36. The Morgan fingerprint density at radius 1 is 1.34 bits per heavy atom. The summed E-state index contributed by atoms with van der Waals surface area (Å²) in [5.74, 6) is 0.0336. The van der Waals surface area contributed by atoms with Gasteiger partial charge in [-0.05, 0) is 44.7 Å². The van der Waals surface area contributed by atoms with Gasteiger partial charge in [-0.2, -0.15) is 0 Å². The number of aromatic amines is 1. The van der Waals surface area contributed by atoms with Crippen molar-refractivity contribution in [1.29, 1.82) is 0 Å². The number of thiophene rings is 1. The van der Waals surface area contributed by atoms with Crippen molar-refractivity contribution in [2.45, 2.75) is 50.1 Å². The molecule has 0 radical (unpaired) electrons. The largest absolute Gasteiger partial charge is 0.383 e. The van der Waals surface area contributed by atoms with Crippen LogP contribution in [0.25, 0.3) is 21.1 Å². The molecule has 1 aliphatic carbocycles. The summed E-state index contributed by atoms with van der Waals surface area (Å²) in [4.78, 5) is 37.2. The van der Waals surface area contributed by atoms with Crippen LogP contribution in [0.15, 0.2) is 34.2 Å². The minimum Gasteiger partial charge on any atom is -0.383 e. The number of para-hydroxylation sites is 1. The minimum absolute atomic E-state index is 0.0168. The minimum atomic E-state index is -0.391. The van der Waals surface area contributed by atoms with E-state index in [9.17, 15) is 9.59 Å². The molecule has 0 saturated carbocycles. The van der Waals surface area contributed by atoms with Crippen LogP contribution in [-0.2, 0) is 24.1 Å². The van der Waals surface area contributed by atoms with E-state index in [4.69, 9.17) is 9.72 Å². The van der Waals surface area contributed by atoms with Crippen molar-refractivity contribution in [1.82, 2.24) is 14.5 Å². The quantitative estimate of drug-likeness (QED) is 0.241. The second-order valence-corrected chi connectivity index (χ2v) is 10.6. The first-order chi connectivity index (χ1) is 15.5. The molecule has 1 aliphatic rings. The zero-order valence-electron chi connectivity index (χ0n) is 18.4. The zero-order valence-corrected chi connectivity index (χ0v) is 20.0. The van der Waals surface area contributed by atoms with Gasteiger partial charge in [-0.3, -0.25) is 14.2 Å². The predicted octanol–water partition coefficient (Wildman–Crippen LogP) is 4.75. The van der Waals surface area contributed by atoms with Crippen molar-refractivity contribution in [3.63, 3.8) is 0 Å². The fourth-order valence-corrected chi connectivity index (χ4v) is 6.83. The first-order valence-corrected chi connectivity index (χ1v) is 12.5. The Kier molecular flexibility index (Phi) is 5.69. The third kappa shape index (κ3) is 3.50. The number of H-pyrrole nitrogens is 1. The third-order valence-corrected chi connectivity index (χ3v) is 8.38. The van der Waals surface area contributed by atoms with Crippen molar-refractivity contribution < 1.29 is 9.53 Å². The zero-order chi connectivity index (χ0) is 22.4. The first-order valence-electron chi connectivity index (χ1n) is 10.8. The van der Waals surface area contributed by atoms with E-state index in [0.29, 0.717) is 23.9 Å². The summed E-state index contributed by atoms with van der Waals surface area (Å²) in [6.45, 7) is 4.64. The average Bonchev–Trinajstić information content (AvgIpc) is 3.44. The van der Waals surface area contributed by atoms with Crippen LogP contribution < -0.4 is 5.56 Å². The van der Waals surface area contributed by atoms with Crippen LogP contribution in [0.4, 0.5) is 0 Å². The summed E-state index contributed by atoms with van der Waals surface area (Å²) in [7, 11) is 1.62. The number of nitrogens with one attached hydrogen (secondary N) is 1. The summed E-state index contributed by atoms with van der Waals surface area (Å²) in [5.41, 5.74) is 3.68. The molecule has 5 rings (SSSR count). The molecule has 0 bridgehead atoms. The van der Waals surface area contributed by atoms with Gasteiger partial charge in [-0.15, -0.1) is 11.3 Å². The topological polar surface area (TPSA) is 77.0 Å². The first kappa shape index (κ1) is 21.4. The number of fused-ring (bicyclic) bond motifs is 4. The SMILES string of the molecule is COCCn1c(SC(C)C(=O)c2c(C)[nH]c3ccccc23)nc2sc3c(c2c1=O)CCC3. The highest BCUT2D eigenvalue weighted by atomic mass is 32.2. The number of benzene rings is 1. The van der Waals surface area contributed by atoms with Gasteiger partial charge in [0.15, 0.2) is 10.9 Å². The van der Waals surface area contributed by atoms with Crippen LogP contribution in [0.2, 0.25) is 0 Å². The number of Topliss-reactive ketones (excluding diaryl/α,β-unsaturated/α-hetero) is 1. The molecule has 8 heteroatoms. The van der Waals surface area contributed by atoms with Gasteiger partial charge in [0.2, 0.25) is 0 Å². The molecule has 0 saturated heterocycles. The second kappa shape index (κ2) is 8.50. The lowest BCUT2D eigenvalue weighted by atomic mass is 10.1. The maximum atomic E-state index is 13.5. The van der Waals surface area contributed by atoms with E-state index in [2.05, 4.69) is 4.98 Å². The highest BCUT2D eigenvalue weighted by Gasteiger charge is 2.27. The molecule has 3 aromatic heterocycles. The maximum Gasteiger partial charge on any atom is 0.263 e. The van der Waals surface area contributed by atoms with Gasteiger partial charge in [0, 0.05) is 34.1 Å². The van der Waals surface area contributed by atoms with Crippen molar-refractivity contribution in [3.8, 4) is 0 Å². The highest BCUT2D eigenvalue weighted by molar-refractivity contribution is 8.00. The summed E-state index contributed by atoms with van der Waals surface area (Å²) in [6.07, 6.45) is 3.06. The number of hydrogen-bond donors (Lipinski definition) is 1. The Morgan fingerprint density at radius 3 is 2.97 bits per heavy atom. The lowest BCUT2D eigenvalue weighted by Crippen LogP contribution is -2.26. The Bertz CT molecular complexity index is 1400. The van der Waals surface area contributed by atoms with E-state index in [-0.39, 0.29) is 11.3 Å². The van der Waals surface area contributed by atoms with Gasteiger partial charge < -0.3 is 9.72 Å². The van der Waals surface area contributed by atoms with Crippen molar-refractivity contribution in [2.75, 3.05) is 13.7 Å². The van der Waals surface area contributed by atoms with Gasteiger partial charge in [-0.1, -0.05) is 30.0 Å². The van der Waals surface area contributed by atoms with Crippen LogP contribution in [0.1, 0.15) is 39.8 Å². The monoisotopic (exact) mass is 467 g/mol. The number of aryl methyl sites for hydroxylation is 3. The molecule has 1 N–H and O–H groups in total. The molecule has 0 spiro atoms. The molecule has 1 aromatic carbocycles. The number of thioether (sulfide) groups is 1. The summed E-state index contributed by atoms with van der Waals surface area (Å²) in [6, 6.07) is 7.84. The Balaban J connectivity index is 1.54. The van der Waals surface area contributed by atoms with Crippen molar-refractivity contribution in [3.05, 3.63) is 56.3 Å². The van der Waals surface area contributed by atoms with E-state index in [1.807, 2.05) is 38.1 Å². The molecule has 32 heavy (non-hydrogen) atoms. The number of rotatable bonds is 7. The van der Waals surface area contributed by atoms with Crippen molar-refractivity contribution >= 4 is 50.0 Å². The molecular formula is C24H25N3O3S2. The molecule has 6 nitrogen and oxygen atoms in total. The molecule has 0 aliphatic heterocycles. The smallest absolute Gasteiger partial charge is 0.263 e. The van der Waals surface area contributed by atoms with E-state index in [1.165, 1.54) is 22.2 Å². The van der Waals surface area contributed by atoms with Gasteiger partial charge in [0.1, 0.15) is 4.83 Å². The lowest BCUT2D eigenvalue weighted by Gasteiger charge is -2.15. The van der Waals surface area contributed by atoms with E-state index in [0.717, 1.165) is 46.1 Å². The molecule has 3 heterocycles. The molecule has 1 atom stereocenters. The summed E-state index contributed by atoms with van der Waals surface area (Å²) in [5, 5.41) is 1.88. The molecule has 1 unspecified atom stereocenters. The predicted molar refractivity (Wildman–Crippen MR) is 130 cm³/mol. The van der Waals surface area contributed by atoms with Crippen molar-refractivity contribution in [2.24, 2.45) is 0 Å².